The Balaban J connectivity index is 2.06. The van der Waals surface area contributed by atoms with Gasteiger partial charge in [0.2, 0.25) is 5.30 Å². The van der Waals surface area contributed by atoms with Gasteiger partial charge >= 0.3 is 8.03 Å². The SMILES string of the molecule is O=[P+](O)c1ccc(-n2c3ccccc3c3ccccc32)cc1. The zero-order chi connectivity index (χ0) is 15.1. The molecular weight excluding hydrogens is 293 g/mol. The van der Waals surface area contributed by atoms with E-state index in [2.05, 4.69) is 28.8 Å². The first-order chi connectivity index (χ1) is 10.8. The summed E-state index contributed by atoms with van der Waals surface area (Å²) in [5.41, 5.74) is 3.24. The predicted octanol–water partition coefficient (Wildman–Crippen LogP) is 4.14. The summed E-state index contributed by atoms with van der Waals surface area (Å²) in [6.07, 6.45) is 0. The van der Waals surface area contributed by atoms with Crippen molar-refractivity contribution in [3.05, 3.63) is 72.8 Å². The van der Waals surface area contributed by atoms with Gasteiger partial charge in [0.1, 0.15) is 0 Å². The van der Waals surface area contributed by atoms with Gasteiger partial charge in [0.15, 0.2) is 0 Å². The average molecular weight is 306 g/mol. The predicted molar refractivity (Wildman–Crippen MR) is 90.2 cm³/mol. The van der Waals surface area contributed by atoms with E-state index in [9.17, 15) is 9.46 Å². The van der Waals surface area contributed by atoms with Crippen molar-refractivity contribution in [2.45, 2.75) is 0 Å². The van der Waals surface area contributed by atoms with E-state index in [0.717, 1.165) is 16.7 Å². The van der Waals surface area contributed by atoms with E-state index < -0.39 is 8.03 Å². The van der Waals surface area contributed by atoms with Crippen LogP contribution in [-0.4, -0.2) is 9.46 Å². The Morgan fingerprint density at radius 1 is 0.727 bits per heavy atom. The van der Waals surface area contributed by atoms with Gasteiger partial charge in [0, 0.05) is 16.5 Å². The summed E-state index contributed by atoms with van der Waals surface area (Å²) < 4.78 is 13.3. The Labute approximate surface area is 128 Å². The van der Waals surface area contributed by atoms with Crippen molar-refractivity contribution in [1.82, 2.24) is 4.57 Å². The second-order valence-corrected chi connectivity index (χ2v) is 6.22. The van der Waals surface area contributed by atoms with Gasteiger partial charge in [-0.15, -0.1) is 0 Å². The molecule has 0 fully saturated rings. The lowest BCUT2D eigenvalue weighted by molar-refractivity contribution is 0.513. The first-order valence-corrected chi connectivity index (χ1v) is 8.22. The quantitative estimate of drug-likeness (QED) is 0.565. The summed E-state index contributed by atoms with van der Waals surface area (Å²) in [6.45, 7) is 0. The molecule has 0 aliphatic carbocycles. The molecule has 0 saturated carbocycles. The van der Waals surface area contributed by atoms with Gasteiger partial charge in [-0.25, -0.2) is 0 Å². The molecule has 0 aliphatic heterocycles. The number of benzene rings is 3. The summed E-state index contributed by atoms with van der Waals surface area (Å²) in [6, 6.07) is 23.7. The van der Waals surface area contributed by atoms with Crippen LogP contribution in [0.15, 0.2) is 72.8 Å². The molecule has 3 aromatic carbocycles. The average Bonchev–Trinajstić information content (AvgIpc) is 2.89. The molecule has 22 heavy (non-hydrogen) atoms. The van der Waals surface area contributed by atoms with Crippen molar-refractivity contribution in [3.63, 3.8) is 0 Å². The highest BCUT2D eigenvalue weighted by atomic mass is 31.1. The topological polar surface area (TPSA) is 42.2 Å². The second kappa shape index (κ2) is 5.06. The number of rotatable bonds is 2. The Kier molecular flexibility index (Phi) is 3.04. The largest absolute Gasteiger partial charge is 0.546 e. The maximum absolute atomic E-state index is 11.2. The summed E-state index contributed by atoms with van der Waals surface area (Å²) in [5.74, 6) is 0. The third-order valence-electron chi connectivity index (χ3n) is 3.91. The third-order valence-corrected chi connectivity index (χ3v) is 4.65. The van der Waals surface area contributed by atoms with Gasteiger partial charge in [-0.3, -0.25) is 0 Å². The smallest absolute Gasteiger partial charge is 0.309 e. The number of aromatic nitrogens is 1. The fourth-order valence-corrected chi connectivity index (χ4v) is 3.33. The minimum absolute atomic E-state index is 0.444. The Morgan fingerprint density at radius 3 is 1.73 bits per heavy atom. The number of nitrogens with zero attached hydrogens (tertiary/aromatic N) is 1. The van der Waals surface area contributed by atoms with Gasteiger partial charge in [-0.05, 0) is 41.0 Å². The molecular formula is C18H13NO2P+. The van der Waals surface area contributed by atoms with Crippen LogP contribution in [0, 0.1) is 0 Å². The van der Waals surface area contributed by atoms with Crippen LogP contribution in [0.1, 0.15) is 0 Å². The molecule has 0 spiro atoms. The van der Waals surface area contributed by atoms with Crippen LogP contribution >= 0.6 is 8.03 Å². The normalized spacial score (nSPS) is 12.0. The molecule has 1 aromatic heterocycles. The lowest BCUT2D eigenvalue weighted by Gasteiger charge is -2.06. The van der Waals surface area contributed by atoms with E-state index in [1.165, 1.54) is 10.8 Å². The highest BCUT2D eigenvalue weighted by Gasteiger charge is 2.16. The van der Waals surface area contributed by atoms with E-state index in [-0.39, 0.29) is 0 Å². The van der Waals surface area contributed by atoms with Crippen LogP contribution in [0.4, 0.5) is 0 Å². The molecule has 1 N–H and O–H groups in total. The minimum atomic E-state index is -2.29. The van der Waals surface area contributed by atoms with Crippen LogP contribution in [0.5, 0.6) is 0 Å². The van der Waals surface area contributed by atoms with Crippen molar-refractivity contribution >= 4 is 35.1 Å². The maximum atomic E-state index is 11.2. The zero-order valence-corrected chi connectivity index (χ0v) is 12.6. The van der Waals surface area contributed by atoms with E-state index in [1.807, 2.05) is 36.4 Å². The lowest BCUT2D eigenvalue weighted by atomic mass is 10.2. The summed E-state index contributed by atoms with van der Waals surface area (Å²) in [5, 5.41) is 2.85. The van der Waals surface area contributed by atoms with Crippen LogP contribution in [0.25, 0.3) is 27.5 Å². The van der Waals surface area contributed by atoms with E-state index >= 15 is 0 Å². The van der Waals surface area contributed by atoms with E-state index in [0.29, 0.717) is 5.30 Å². The van der Waals surface area contributed by atoms with E-state index in [1.54, 1.807) is 12.1 Å². The van der Waals surface area contributed by atoms with Crippen molar-refractivity contribution in [3.8, 4) is 5.69 Å². The van der Waals surface area contributed by atoms with Crippen LogP contribution in [0.3, 0.4) is 0 Å². The van der Waals surface area contributed by atoms with Crippen molar-refractivity contribution in [2.75, 3.05) is 0 Å². The van der Waals surface area contributed by atoms with E-state index in [4.69, 9.17) is 0 Å². The molecule has 1 heterocycles. The molecule has 1 unspecified atom stereocenters. The molecule has 106 valence electrons. The van der Waals surface area contributed by atoms with Gasteiger partial charge in [-0.2, -0.15) is 4.89 Å². The maximum Gasteiger partial charge on any atom is 0.546 e. The molecule has 0 bridgehead atoms. The molecule has 4 aromatic rings. The highest BCUT2D eigenvalue weighted by molar-refractivity contribution is 7.47. The Bertz CT molecular complexity index is 949. The first-order valence-electron chi connectivity index (χ1n) is 7.00. The molecule has 4 rings (SSSR count). The molecule has 0 aliphatic rings. The van der Waals surface area contributed by atoms with Crippen molar-refractivity contribution in [1.29, 1.82) is 0 Å². The first kappa shape index (κ1) is 13.2. The van der Waals surface area contributed by atoms with Gasteiger partial charge in [-0.1, -0.05) is 36.4 Å². The Hall–Kier alpha value is -2.48. The standard InChI is InChI=1S/C18H12NO2P/c20-22(21)14-11-9-13(10-12-14)19-17-7-3-1-5-15(17)16-6-2-4-8-18(16)19/h1-12H/p+1. The number of hydrogen-bond acceptors (Lipinski definition) is 1. The van der Waals surface area contributed by atoms with Gasteiger partial charge in [0.25, 0.3) is 0 Å². The molecule has 0 saturated heterocycles. The highest BCUT2D eigenvalue weighted by Crippen LogP contribution is 2.31. The number of para-hydroxylation sites is 2. The monoisotopic (exact) mass is 306 g/mol. The molecule has 3 nitrogen and oxygen atoms in total. The third kappa shape index (κ3) is 1.95. The van der Waals surface area contributed by atoms with Crippen molar-refractivity contribution in [2.24, 2.45) is 0 Å². The molecule has 0 radical (unpaired) electrons. The number of hydrogen-bond donors (Lipinski definition) is 1. The second-order valence-electron chi connectivity index (χ2n) is 5.16. The zero-order valence-electron chi connectivity index (χ0n) is 11.7. The van der Waals surface area contributed by atoms with Gasteiger partial charge < -0.3 is 4.57 Å². The lowest BCUT2D eigenvalue weighted by Crippen LogP contribution is -1.99. The van der Waals surface area contributed by atoms with Crippen LogP contribution in [0.2, 0.25) is 0 Å². The Morgan fingerprint density at radius 2 is 1.23 bits per heavy atom. The van der Waals surface area contributed by atoms with Crippen LogP contribution < -0.4 is 5.30 Å². The van der Waals surface area contributed by atoms with Gasteiger partial charge in [0.05, 0.1) is 11.0 Å². The minimum Gasteiger partial charge on any atom is -0.309 e. The molecule has 4 heteroatoms. The number of fused-ring (bicyclic) bond motifs is 3. The summed E-state index contributed by atoms with van der Waals surface area (Å²) in [7, 11) is -2.29. The molecule has 0 amide bonds. The fourth-order valence-electron chi connectivity index (χ4n) is 2.93. The van der Waals surface area contributed by atoms with Crippen LogP contribution in [-0.2, 0) is 4.57 Å². The fraction of sp³-hybridized carbons (Fsp3) is 0. The summed E-state index contributed by atoms with van der Waals surface area (Å²) in [4.78, 5) is 9.19. The molecule has 1 atom stereocenters. The summed E-state index contributed by atoms with van der Waals surface area (Å²) >= 11 is 0. The van der Waals surface area contributed by atoms with Crippen molar-refractivity contribution < 1.29 is 9.46 Å².